The Morgan fingerprint density at radius 3 is 2.60 bits per heavy atom. The van der Waals surface area contributed by atoms with Gasteiger partial charge in [0.1, 0.15) is 0 Å². The van der Waals surface area contributed by atoms with Crippen molar-refractivity contribution in [1.29, 1.82) is 0 Å². The van der Waals surface area contributed by atoms with Crippen molar-refractivity contribution in [2.24, 2.45) is 0 Å². The molecule has 1 amide bonds. The minimum absolute atomic E-state index is 0.236. The van der Waals surface area contributed by atoms with Crippen molar-refractivity contribution in [3.05, 3.63) is 0 Å². The van der Waals surface area contributed by atoms with E-state index in [1.165, 1.54) is 51.4 Å². The van der Waals surface area contributed by atoms with Gasteiger partial charge in [-0.25, -0.2) is 0 Å². The van der Waals surface area contributed by atoms with Crippen molar-refractivity contribution in [1.82, 2.24) is 15.5 Å². The Bertz CT molecular complexity index is 283. The predicted molar refractivity (Wildman–Crippen MR) is 82.8 cm³/mol. The molecule has 0 bridgehead atoms. The van der Waals surface area contributed by atoms with Gasteiger partial charge in [-0.05, 0) is 39.3 Å². The molecular formula is C16H31N3O. The molecule has 1 saturated carbocycles. The summed E-state index contributed by atoms with van der Waals surface area (Å²) in [5.41, 5.74) is 0. The first kappa shape index (κ1) is 15.8. The van der Waals surface area contributed by atoms with E-state index in [9.17, 15) is 4.79 Å². The smallest absolute Gasteiger partial charge is 0.221 e. The highest BCUT2D eigenvalue weighted by molar-refractivity contribution is 5.76. The Labute approximate surface area is 123 Å². The van der Waals surface area contributed by atoms with Gasteiger partial charge >= 0.3 is 0 Å². The molecule has 4 heteroatoms. The second kappa shape index (κ2) is 8.63. The largest absolute Gasteiger partial charge is 0.353 e. The number of piperidine rings is 1. The maximum absolute atomic E-state index is 12.0. The molecule has 0 aromatic heterocycles. The van der Waals surface area contributed by atoms with Gasteiger partial charge in [0.25, 0.3) is 0 Å². The lowest BCUT2D eigenvalue weighted by Gasteiger charge is -2.28. The topological polar surface area (TPSA) is 44.4 Å². The third-order valence-electron chi connectivity index (χ3n) is 4.64. The number of nitrogens with one attached hydrogen (secondary N) is 2. The average molecular weight is 281 g/mol. The van der Waals surface area contributed by atoms with Gasteiger partial charge in [-0.3, -0.25) is 4.79 Å². The SMILES string of the molecule is CN(CCC(=O)NC1CCCCC1)CC1CCCCN1. The molecule has 2 rings (SSSR count). The fraction of sp³-hybridized carbons (Fsp3) is 0.938. The van der Waals surface area contributed by atoms with Crippen molar-refractivity contribution < 1.29 is 4.79 Å². The lowest BCUT2D eigenvalue weighted by Crippen LogP contribution is -2.43. The van der Waals surface area contributed by atoms with E-state index in [4.69, 9.17) is 0 Å². The van der Waals surface area contributed by atoms with Gasteiger partial charge in [-0.1, -0.05) is 25.7 Å². The maximum atomic E-state index is 12.0. The van der Waals surface area contributed by atoms with Crippen molar-refractivity contribution in [3.63, 3.8) is 0 Å². The van der Waals surface area contributed by atoms with E-state index in [0.29, 0.717) is 18.5 Å². The number of hydrogen-bond acceptors (Lipinski definition) is 3. The van der Waals surface area contributed by atoms with Crippen LogP contribution in [-0.4, -0.2) is 49.6 Å². The molecule has 2 N–H and O–H groups in total. The molecule has 1 atom stereocenters. The molecule has 0 aromatic carbocycles. The molecule has 1 saturated heterocycles. The van der Waals surface area contributed by atoms with Crippen molar-refractivity contribution >= 4 is 5.91 Å². The average Bonchev–Trinajstić information content (AvgIpc) is 2.47. The van der Waals surface area contributed by atoms with E-state index < -0.39 is 0 Å². The zero-order valence-electron chi connectivity index (χ0n) is 13.0. The van der Waals surface area contributed by atoms with Crippen LogP contribution in [0.4, 0.5) is 0 Å². The molecule has 116 valence electrons. The first-order chi connectivity index (χ1) is 9.74. The normalized spacial score (nSPS) is 24.8. The van der Waals surface area contributed by atoms with E-state index in [0.717, 1.165) is 19.6 Å². The van der Waals surface area contributed by atoms with E-state index in [1.807, 2.05) is 0 Å². The number of carbonyl (C=O) groups excluding carboxylic acids is 1. The molecule has 1 aliphatic carbocycles. The maximum Gasteiger partial charge on any atom is 0.221 e. The zero-order valence-corrected chi connectivity index (χ0v) is 13.0. The quantitative estimate of drug-likeness (QED) is 0.781. The van der Waals surface area contributed by atoms with Gasteiger partial charge in [0.2, 0.25) is 5.91 Å². The zero-order chi connectivity index (χ0) is 14.2. The van der Waals surface area contributed by atoms with Gasteiger partial charge in [0.05, 0.1) is 0 Å². The minimum atomic E-state index is 0.236. The van der Waals surface area contributed by atoms with Gasteiger partial charge in [0.15, 0.2) is 0 Å². The number of nitrogens with zero attached hydrogens (tertiary/aromatic N) is 1. The van der Waals surface area contributed by atoms with Crippen LogP contribution in [0, 0.1) is 0 Å². The molecule has 20 heavy (non-hydrogen) atoms. The molecule has 4 nitrogen and oxygen atoms in total. The molecule has 0 spiro atoms. The Morgan fingerprint density at radius 2 is 1.90 bits per heavy atom. The first-order valence-corrected chi connectivity index (χ1v) is 8.45. The third-order valence-corrected chi connectivity index (χ3v) is 4.64. The molecule has 2 fully saturated rings. The lowest BCUT2D eigenvalue weighted by atomic mass is 9.95. The van der Waals surface area contributed by atoms with E-state index in [2.05, 4.69) is 22.6 Å². The fourth-order valence-electron chi connectivity index (χ4n) is 3.39. The van der Waals surface area contributed by atoms with Crippen LogP contribution < -0.4 is 10.6 Å². The van der Waals surface area contributed by atoms with E-state index in [1.54, 1.807) is 0 Å². The van der Waals surface area contributed by atoms with E-state index >= 15 is 0 Å². The van der Waals surface area contributed by atoms with Crippen LogP contribution in [-0.2, 0) is 4.79 Å². The minimum Gasteiger partial charge on any atom is -0.353 e. The number of likely N-dealkylation sites (N-methyl/N-ethyl adjacent to an activating group) is 1. The summed E-state index contributed by atoms with van der Waals surface area (Å²) in [6, 6.07) is 1.07. The molecule has 0 aromatic rings. The van der Waals surface area contributed by atoms with Crippen LogP contribution in [0.3, 0.4) is 0 Å². The summed E-state index contributed by atoms with van der Waals surface area (Å²) in [6.45, 7) is 3.09. The van der Waals surface area contributed by atoms with E-state index in [-0.39, 0.29) is 5.91 Å². The lowest BCUT2D eigenvalue weighted by molar-refractivity contribution is -0.122. The summed E-state index contributed by atoms with van der Waals surface area (Å²) >= 11 is 0. The van der Waals surface area contributed by atoms with Crippen molar-refractivity contribution in [3.8, 4) is 0 Å². The summed E-state index contributed by atoms with van der Waals surface area (Å²) in [7, 11) is 2.13. The van der Waals surface area contributed by atoms with Crippen LogP contribution in [0.15, 0.2) is 0 Å². The second-order valence-corrected chi connectivity index (χ2v) is 6.56. The fourth-order valence-corrected chi connectivity index (χ4v) is 3.39. The third kappa shape index (κ3) is 5.80. The Morgan fingerprint density at radius 1 is 1.15 bits per heavy atom. The monoisotopic (exact) mass is 281 g/mol. The number of carbonyl (C=O) groups is 1. The Balaban J connectivity index is 1.57. The molecule has 1 unspecified atom stereocenters. The molecule has 2 aliphatic rings. The highest BCUT2D eigenvalue weighted by atomic mass is 16.1. The molecule has 1 aliphatic heterocycles. The Kier molecular flexibility index (Phi) is 6.80. The van der Waals surface area contributed by atoms with Crippen LogP contribution >= 0.6 is 0 Å². The summed E-state index contributed by atoms with van der Waals surface area (Å²) in [6.07, 6.45) is 10.8. The highest BCUT2D eigenvalue weighted by Gasteiger charge is 2.17. The van der Waals surface area contributed by atoms with Crippen LogP contribution in [0.5, 0.6) is 0 Å². The summed E-state index contributed by atoms with van der Waals surface area (Å²) in [4.78, 5) is 14.2. The van der Waals surface area contributed by atoms with Gasteiger partial charge < -0.3 is 15.5 Å². The summed E-state index contributed by atoms with van der Waals surface area (Å²) < 4.78 is 0. The first-order valence-electron chi connectivity index (χ1n) is 8.45. The predicted octanol–water partition coefficient (Wildman–Crippen LogP) is 1.90. The van der Waals surface area contributed by atoms with Gasteiger partial charge in [-0.2, -0.15) is 0 Å². The summed E-state index contributed by atoms with van der Waals surface area (Å²) in [5.74, 6) is 0.236. The number of amides is 1. The standard InChI is InChI=1S/C16H31N3O/c1-19(13-15-9-5-6-11-17-15)12-10-16(20)18-14-7-3-2-4-8-14/h14-15,17H,2-13H2,1H3,(H,18,20). The number of hydrogen-bond donors (Lipinski definition) is 2. The molecule has 1 heterocycles. The van der Waals surface area contributed by atoms with Crippen molar-refractivity contribution in [2.75, 3.05) is 26.7 Å². The van der Waals surface area contributed by atoms with Crippen LogP contribution in [0.25, 0.3) is 0 Å². The summed E-state index contributed by atoms with van der Waals surface area (Å²) in [5, 5.41) is 6.76. The van der Waals surface area contributed by atoms with Gasteiger partial charge in [0, 0.05) is 31.6 Å². The highest BCUT2D eigenvalue weighted by Crippen LogP contribution is 2.17. The Hall–Kier alpha value is -0.610. The van der Waals surface area contributed by atoms with Crippen LogP contribution in [0.2, 0.25) is 0 Å². The number of rotatable bonds is 6. The second-order valence-electron chi connectivity index (χ2n) is 6.56. The van der Waals surface area contributed by atoms with Crippen LogP contribution in [0.1, 0.15) is 57.8 Å². The molecular weight excluding hydrogens is 250 g/mol. The van der Waals surface area contributed by atoms with Gasteiger partial charge in [-0.15, -0.1) is 0 Å². The molecule has 0 radical (unpaired) electrons. The van der Waals surface area contributed by atoms with Crippen molar-refractivity contribution in [2.45, 2.75) is 69.9 Å².